The molecule has 1 amide bonds. The average Bonchev–Trinajstić information content (AvgIpc) is 2.80. The van der Waals surface area contributed by atoms with Gasteiger partial charge < -0.3 is 16.0 Å². The van der Waals surface area contributed by atoms with Crippen LogP contribution in [0, 0.1) is 17.2 Å². The molecule has 2 saturated heterocycles. The molecule has 3 atom stereocenters. The summed E-state index contributed by atoms with van der Waals surface area (Å²) in [6.45, 7) is 1.93. The summed E-state index contributed by atoms with van der Waals surface area (Å²) in [5, 5.41) is 12.2. The first-order valence-electron chi connectivity index (χ1n) is 6.92. The number of hydrogen-bond donors (Lipinski definition) is 2. The van der Waals surface area contributed by atoms with Gasteiger partial charge in [-0.1, -0.05) is 0 Å². The van der Waals surface area contributed by atoms with Gasteiger partial charge >= 0.3 is 0 Å². The lowest BCUT2D eigenvalue weighted by atomic mass is 9.91. The maximum absolute atomic E-state index is 13.3. The molecule has 0 aliphatic carbocycles. The molecule has 0 aromatic carbocycles. The molecule has 122 valence electrons. The molecule has 0 bridgehead atoms. The van der Waals surface area contributed by atoms with Crippen molar-refractivity contribution in [3.63, 3.8) is 0 Å². The largest absolute Gasteiger partial charge is 0.322 e. The molecule has 5 nitrogen and oxygen atoms in total. The second-order valence-corrected chi connectivity index (χ2v) is 5.50. The van der Waals surface area contributed by atoms with E-state index in [1.807, 2.05) is 6.07 Å². The van der Waals surface area contributed by atoms with Crippen LogP contribution in [-0.4, -0.2) is 48.7 Å². The van der Waals surface area contributed by atoms with Crippen LogP contribution in [0.25, 0.3) is 0 Å². The molecular weight excluding hydrogens is 318 g/mol. The van der Waals surface area contributed by atoms with Crippen molar-refractivity contribution in [1.82, 2.24) is 10.2 Å². The molecule has 0 radical (unpaired) electrons. The van der Waals surface area contributed by atoms with E-state index in [1.54, 1.807) is 0 Å². The summed E-state index contributed by atoms with van der Waals surface area (Å²) in [6, 6.07) is 0.725. The smallest absolute Gasteiger partial charge is 0.240 e. The van der Waals surface area contributed by atoms with E-state index in [1.165, 1.54) is 4.90 Å². The van der Waals surface area contributed by atoms with Gasteiger partial charge in [0.15, 0.2) is 0 Å². The minimum absolute atomic E-state index is 0. The van der Waals surface area contributed by atoms with E-state index in [-0.39, 0.29) is 43.7 Å². The predicted molar refractivity (Wildman–Crippen MR) is 83.3 cm³/mol. The van der Waals surface area contributed by atoms with Crippen LogP contribution < -0.4 is 11.1 Å². The van der Waals surface area contributed by atoms with Gasteiger partial charge in [0.1, 0.15) is 12.2 Å². The first-order chi connectivity index (χ1) is 9.11. The highest BCUT2D eigenvalue weighted by Gasteiger charge is 2.37. The number of nitrogens with zero attached hydrogens (tertiary/aromatic N) is 2. The molecule has 0 aromatic heterocycles. The lowest BCUT2D eigenvalue weighted by molar-refractivity contribution is -0.133. The van der Waals surface area contributed by atoms with Gasteiger partial charge in [-0.05, 0) is 38.3 Å². The number of alkyl halides is 1. The topological polar surface area (TPSA) is 82.2 Å². The molecule has 2 heterocycles. The number of nitrogens with two attached hydrogens (primary N) is 1. The average molecular weight is 341 g/mol. The fourth-order valence-electron chi connectivity index (χ4n) is 2.94. The van der Waals surface area contributed by atoms with Crippen molar-refractivity contribution in [3.05, 3.63) is 0 Å². The summed E-state index contributed by atoms with van der Waals surface area (Å²) in [5.41, 5.74) is 5.95. The van der Waals surface area contributed by atoms with Gasteiger partial charge in [0, 0.05) is 6.42 Å². The Morgan fingerprint density at radius 2 is 2.05 bits per heavy atom. The van der Waals surface area contributed by atoms with E-state index in [2.05, 4.69) is 5.32 Å². The Morgan fingerprint density at radius 3 is 2.62 bits per heavy atom. The van der Waals surface area contributed by atoms with E-state index < -0.39 is 18.3 Å². The van der Waals surface area contributed by atoms with Gasteiger partial charge in [-0.15, -0.1) is 24.8 Å². The Bertz CT molecular complexity index is 374. The summed E-state index contributed by atoms with van der Waals surface area (Å²) in [7, 11) is 0. The highest BCUT2D eigenvalue weighted by molar-refractivity contribution is 5.85. The summed E-state index contributed by atoms with van der Waals surface area (Å²) in [5.74, 6) is 0.176. The molecule has 3 N–H and O–H groups in total. The standard InChI is InChI=1S/C13H21FN4O.2ClH/c14-10-6-11(7-15)18(8-10)13(19)12(16)5-9-1-3-17-4-2-9;;/h9-12,17H,1-6,8,16H2;2*1H/t10-,11-,12-;;/m0../s1. The van der Waals surface area contributed by atoms with Gasteiger partial charge in [-0.25, -0.2) is 4.39 Å². The molecule has 2 aliphatic heterocycles. The summed E-state index contributed by atoms with van der Waals surface area (Å²) in [4.78, 5) is 13.5. The second kappa shape index (κ2) is 9.42. The summed E-state index contributed by atoms with van der Waals surface area (Å²) < 4.78 is 13.3. The molecule has 0 saturated carbocycles. The van der Waals surface area contributed by atoms with Gasteiger partial charge in [0.05, 0.1) is 18.7 Å². The third-order valence-corrected chi connectivity index (χ3v) is 4.05. The van der Waals surface area contributed by atoms with Crippen molar-refractivity contribution in [2.75, 3.05) is 19.6 Å². The number of amides is 1. The third kappa shape index (κ3) is 5.26. The normalized spacial score (nSPS) is 27.2. The van der Waals surface area contributed by atoms with E-state index in [4.69, 9.17) is 11.0 Å². The Labute approximate surface area is 137 Å². The number of rotatable bonds is 3. The summed E-state index contributed by atoms with van der Waals surface area (Å²) in [6.07, 6.45) is 1.69. The maximum Gasteiger partial charge on any atom is 0.240 e. The number of nitrogens with one attached hydrogen (secondary N) is 1. The van der Waals surface area contributed by atoms with E-state index >= 15 is 0 Å². The number of hydrogen-bond acceptors (Lipinski definition) is 4. The fourth-order valence-corrected chi connectivity index (χ4v) is 2.94. The lowest BCUT2D eigenvalue weighted by Gasteiger charge is -2.28. The molecule has 8 heteroatoms. The van der Waals surface area contributed by atoms with Crippen LogP contribution in [0.5, 0.6) is 0 Å². The lowest BCUT2D eigenvalue weighted by Crippen LogP contribution is -2.47. The Balaban J connectivity index is 0.00000200. The van der Waals surface area contributed by atoms with Crippen LogP contribution >= 0.6 is 24.8 Å². The Hall–Kier alpha value is -0.610. The first kappa shape index (κ1) is 20.4. The molecule has 0 unspecified atom stereocenters. The Kier molecular flexibility index (Phi) is 9.14. The van der Waals surface area contributed by atoms with Crippen LogP contribution in [-0.2, 0) is 4.79 Å². The molecule has 21 heavy (non-hydrogen) atoms. The highest BCUT2D eigenvalue weighted by atomic mass is 35.5. The van der Waals surface area contributed by atoms with E-state index in [9.17, 15) is 9.18 Å². The number of piperidine rings is 1. The zero-order valence-electron chi connectivity index (χ0n) is 11.8. The van der Waals surface area contributed by atoms with Crippen LogP contribution in [0.4, 0.5) is 4.39 Å². The molecule has 0 aromatic rings. The van der Waals surface area contributed by atoms with Crippen molar-refractivity contribution >= 4 is 30.7 Å². The minimum Gasteiger partial charge on any atom is -0.322 e. The minimum atomic E-state index is -1.10. The van der Waals surface area contributed by atoms with Crippen molar-refractivity contribution in [1.29, 1.82) is 5.26 Å². The second-order valence-electron chi connectivity index (χ2n) is 5.50. The molecule has 2 aliphatic rings. The highest BCUT2D eigenvalue weighted by Crippen LogP contribution is 2.23. The van der Waals surface area contributed by atoms with Crippen molar-refractivity contribution in [2.24, 2.45) is 11.7 Å². The van der Waals surface area contributed by atoms with Gasteiger partial charge in [-0.2, -0.15) is 5.26 Å². The van der Waals surface area contributed by atoms with Crippen LogP contribution in [0.3, 0.4) is 0 Å². The number of likely N-dealkylation sites (tertiary alicyclic amines) is 1. The third-order valence-electron chi connectivity index (χ3n) is 4.05. The van der Waals surface area contributed by atoms with E-state index in [0.29, 0.717) is 12.3 Å². The van der Waals surface area contributed by atoms with Crippen LogP contribution in [0.15, 0.2) is 0 Å². The zero-order chi connectivity index (χ0) is 13.8. The predicted octanol–water partition coefficient (Wildman–Crippen LogP) is 1.01. The Morgan fingerprint density at radius 1 is 1.43 bits per heavy atom. The van der Waals surface area contributed by atoms with E-state index in [0.717, 1.165) is 25.9 Å². The van der Waals surface area contributed by atoms with Gasteiger partial charge in [0.2, 0.25) is 5.91 Å². The van der Waals surface area contributed by atoms with Crippen molar-refractivity contribution in [3.8, 4) is 6.07 Å². The monoisotopic (exact) mass is 340 g/mol. The number of carbonyl (C=O) groups is 1. The van der Waals surface area contributed by atoms with Crippen molar-refractivity contribution in [2.45, 2.75) is 43.9 Å². The van der Waals surface area contributed by atoms with Crippen molar-refractivity contribution < 1.29 is 9.18 Å². The molecule has 2 fully saturated rings. The molecule has 0 spiro atoms. The van der Waals surface area contributed by atoms with Crippen LogP contribution in [0.2, 0.25) is 0 Å². The summed E-state index contributed by atoms with van der Waals surface area (Å²) >= 11 is 0. The number of carbonyl (C=O) groups excluding carboxylic acids is 1. The maximum atomic E-state index is 13.3. The molecular formula is C13H23Cl2FN4O. The zero-order valence-corrected chi connectivity index (χ0v) is 13.5. The fraction of sp³-hybridized carbons (Fsp3) is 0.846. The van der Waals surface area contributed by atoms with Crippen LogP contribution in [0.1, 0.15) is 25.7 Å². The SMILES string of the molecule is Cl.Cl.N#C[C@@H]1C[C@H](F)CN1C(=O)[C@@H](N)CC1CCNCC1. The van der Waals surface area contributed by atoms with Gasteiger partial charge in [-0.3, -0.25) is 4.79 Å². The first-order valence-corrected chi connectivity index (χ1v) is 6.92. The number of halogens is 3. The molecule has 2 rings (SSSR count). The van der Waals surface area contributed by atoms with Gasteiger partial charge in [0.25, 0.3) is 0 Å². The quantitative estimate of drug-likeness (QED) is 0.803. The number of nitriles is 1.